The Labute approximate surface area is 127 Å². The van der Waals surface area contributed by atoms with Gasteiger partial charge in [0.15, 0.2) is 11.5 Å². The van der Waals surface area contributed by atoms with Gasteiger partial charge in [0.25, 0.3) is 0 Å². The molecule has 110 valence electrons. The number of aromatic nitrogens is 3. The molecule has 0 aliphatic heterocycles. The van der Waals surface area contributed by atoms with Gasteiger partial charge in [-0.1, -0.05) is 6.92 Å². The monoisotopic (exact) mass is 302 g/mol. The molecule has 0 saturated heterocycles. The van der Waals surface area contributed by atoms with Crippen LogP contribution in [-0.2, 0) is 0 Å². The first-order valence-electron chi connectivity index (χ1n) is 7.08. The van der Waals surface area contributed by atoms with E-state index >= 15 is 0 Å². The number of aliphatic hydroxyl groups excluding tert-OH is 1. The zero-order valence-electron chi connectivity index (χ0n) is 11.9. The van der Waals surface area contributed by atoms with E-state index in [-0.39, 0.29) is 6.61 Å². The second-order valence-corrected chi connectivity index (χ2v) is 6.01. The molecule has 0 unspecified atom stereocenters. The van der Waals surface area contributed by atoms with Crippen molar-refractivity contribution in [2.24, 2.45) is 0 Å². The van der Waals surface area contributed by atoms with Gasteiger partial charge in [0.1, 0.15) is 0 Å². The van der Waals surface area contributed by atoms with Crippen LogP contribution >= 0.6 is 11.8 Å². The molecule has 0 amide bonds. The van der Waals surface area contributed by atoms with Crippen molar-refractivity contribution < 1.29 is 5.11 Å². The maximum atomic E-state index is 8.90. The fourth-order valence-electron chi connectivity index (χ4n) is 2.30. The van der Waals surface area contributed by atoms with Crippen LogP contribution in [0.1, 0.15) is 13.3 Å². The number of hydrogen-bond donors (Lipinski definition) is 2. The summed E-state index contributed by atoms with van der Waals surface area (Å²) in [5.41, 5.74) is 2.82. The Hall–Kier alpha value is -1.79. The maximum Gasteiger partial charge on any atom is 0.180 e. The van der Waals surface area contributed by atoms with Crippen molar-refractivity contribution >= 4 is 34.3 Å². The summed E-state index contributed by atoms with van der Waals surface area (Å²) in [5.74, 6) is 1.81. The fourth-order valence-corrected chi connectivity index (χ4v) is 2.99. The quantitative estimate of drug-likeness (QED) is 0.541. The van der Waals surface area contributed by atoms with Gasteiger partial charge < -0.3 is 10.4 Å². The van der Waals surface area contributed by atoms with E-state index in [1.807, 2.05) is 10.6 Å². The second kappa shape index (κ2) is 6.32. The van der Waals surface area contributed by atoms with Crippen LogP contribution in [-0.4, -0.2) is 38.4 Å². The molecular weight excluding hydrogens is 284 g/mol. The number of benzene rings is 1. The van der Waals surface area contributed by atoms with Crippen molar-refractivity contribution in [1.82, 2.24) is 14.4 Å². The Morgan fingerprint density at radius 3 is 3.10 bits per heavy atom. The van der Waals surface area contributed by atoms with E-state index in [1.54, 1.807) is 18.0 Å². The standard InChI is InChI=1S/C15H18N4OS/c1-2-21-11-4-5-13-12(10-11)18-14(16-6-3-9-20)15-17-7-8-19(13)15/h4-5,7-8,10,20H,2-3,6,9H2,1H3,(H,16,18). The fraction of sp³-hybridized carbons (Fsp3) is 0.333. The highest BCUT2D eigenvalue weighted by Crippen LogP contribution is 2.25. The van der Waals surface area contributed by atoms with Crippen molar-refractivity contribution in [3.63, 3.8) is 0 Å². The van der Waals surface area contributed by atoms with E-state index in [9.17, 15) is 0 Å². The normalized spacial score (nSPS) is 11.3. The van der Waals surface area contributed by atoms with Crippen LogP contribution in [0.25, 0.3) is 16.7 Å². The molecule has 5 nitrogen and oxygen atoms in total. The number of thioether (sulfide) groups is 1. The van der Waals surface area contributed by atoms with Gasteiger partial charge in [-0.2, -0.15) is 0 Å². The minimum atomic E-state index is 0.169. The van der Waals surface area contributed by atoms with Crippen LogP contribution < -0.4 is 5.32 Å². The number of hydrogen-bond acceptors (Lipinski definition) is 5. The molecular formula is C15H18N4OS. The topological polar surface area (TPSA) is 62.5 Å². The lowest BCUT2D eigenvalue weighted by atomic mass is 10.3. The summed E-state index contributed by atoms with van der Waals surface area (Å²) in [7, 11) is 0. The number of rotatable bonds is 6. The number of nitrogens with one attached hydrogen (secondary N) is 1. The Kier molecular flexibility index (Phi) is 4.26. The summed E-state index contributed by atoms with van der Waals surface area (Å²) >= 11 is 1.81. The van der Waals surface area contributed by atoms with Gasteiger partial charge in [-0.15, -0.1) is 11.8 Å². The second-order valence-electron chi connectivity index (χ2n) is 4.67. The van der Waals surface area contributed by atoms with E-state index in [0.717, 1.165) is 28.3 Å². The van der Waals surface area contributed by atoms with Gasteiger partial charge in [0.05, 0.1) is 11.0 Å². The van der Waals surface area contributed by atoms with Gasteiger partial charge in [-0.25, -0.2) is 9.97 Å². The van der Waals surface area contributed by atoms with E-state index in [4.69, 9.17) is 10.1 Å². The van der Waals surface area contributed by atoms with Gasteiger partial charge in [-0.3, -0.25) is 4.40 Å². The average molecular weight is 302 g/mol. The van der Waals surface area contributed by atoms with Crippen molar-refractivity contribution in [2.75, 3.05) is 24.2 Å². The molecule has 2 heterocycles. The van der Waals surface area contributed by atoms with Crippen LogP contribution in [0.5, 0.6) is 0 Å². The van der Waals surface area contributed by atoms with Gasteiger partial charge in [0.2, 0.25) is 0 Å². The van der Waals surface area contributed by atoms with Crippen LogP contribution in [0.3, 0.4) is 0 Å². The number of anilines is 1. The Balaban J connectivity index is 2.09. The number of fused-ring (bicyclic) bond motifs is 3. The zero-order valence-corrected chi connectivity index (χ0v) is 12.7. The molecule has 1 aromatic carbocycles. The first-order chi connectivity index (χ1) is 10.3. The molecule has 0 bridgehead atoms. The highest BCUT2D eigenvalue weighted by Gasteiger charge is 2.09. The molecule has 0 radical (unpaired) electrons. The minimum Gasteiger partial charge on any atom is -0.396 e. The molecule has 0 aliphatic carbocycles. The molecule has 0 atom stereocenters. The maximum absolute atomic E-state index is 8.90. The largest absolute Gasteiger partial charge is 0.396 e. The van der Waals surface area contributed by atoms with Crippen molar-refractivity contribution in [3.8, 4) is 0 Å². The lowest BCUT2D eigenvalue weighted by Gasteiger charge is -2.10. The molecule has 0 fully saturated rings. The third kappa shape index (κ3) is 2.82. The predicted octanol–water partition coefficient (Wildman–Crippen LogP) is 2.79. The number of aliphatic hydroxyl groups is 1. The molecule has 0 aliphatic rings. The summed E-state index contributed by atoms with van der Waals surface area (Å²) in [5, 5.41) is 12.2. The highest BCUT2D eigenvalue weighted by molar-refractivity contribution is 7.99. The van der Waals surface area contributed by atoms with Crippen LogP contribution in [0, 0.1) is 0 Å². The Morgan fingerprint density at radius 2 is 2.29 bits per heavy atom. The summed E-state index contributed by atoms with van der Waals surface area (Å²) in [6.07, 6.45) is 4.42. The molecule has 21 heavy (non-hydrogen) atoms. The smallest absolute Gasteiger partial charge is 0.180 e. The zero-order chi connectivity index (χ0) is 14.7. The van der Waals surface area contributed by atoms with Gasteiger partial charge in [-0.05, 0) is 30.4 Å². The lowest BCUT2D eigenvalue weighted by molar-refractivity contribution is 0.292. The number of nitrogens with zero attached hydrogens (tertiary/aromatic N) is 3. The molecule has 2 N–H and O–H groups in total. The summed E-state index contributed by atoms with van der Waals surface area (Å²) < 4.78 is 2.05. The van der Waals surface area contributed by atoms with E-state index < -0.39 is 0 Å². The molecule has 0 saturated carbocycles. The average Bonchev–Trinajstić information content (AvgIpc) is 2.97. The van der Waals surface area contributed by atoms with Crippen LogP contribution in [0.2, 0.25) is 0 Å². The van der Waals surface area contributed by atoms with Crippen molar-refractivity contribution in [3.05, 3.63) is 30.6 Å². The van der Waals surface area contributed by atoms with Gasteiger partial charge in [0, 0.05) is 30.4 Å². The van der Waals surface area contributed by atoms with E-state index in [2.05, 4.69) is 35.4 Å². The number of imidazole rings is 1. The minimum absolute atomic E-state index is 0.169. The van der Waals surface area contributed by atoms with Crippen molar-refractivity contribution in [2.45, 2.75) is 18.2 Å². The predicted molar refractivity (Wildman–Crippen MR) is 87.1 cm³/mol. The summed E-state index contributed by atoms with van der Waals surface area (Å²) in [6.45, 7) is 2.99. The van der Waals surface area contributed by atoms with Crippen LogP contribution in [0.15, 0.2) is 35.5 Å². The van der Waals surface area contributed by atoms with E-state index in [1.165, 1.54) is 4.90 Å². The van der Waals surface area contributed by atoms with Crippen molar-refractivity contribution in [1.29, 1.82) is 0 Å². The summed E-state index contributed by atoms with van der Waals surface area (Å²) in [4.78, 5) is 10.3. The summed E-state index contributed by atoms with van der Waals surface area (Å²) in [6, 6.07) is 6.32. The lowest BCUT2D eigenvalue weighted by Crippen LogP contribution is -2.07. The third-order valence-electron chi connectivity index (χ3n) is 3.23. The first-order valence-corrected chi connectivity index (χ1v) is 8.06. The van der Waals surface area contributed by atoms with Gasteiger partial charge >= 0.3 is 0 Å². The SMILES string of the molecule is CCSc1ccc2c(c1)nc(NCCCO)c1nccn12. The third-order valence-corrected chi connectivity index (χ3v) is 4.11. The van der Waals surface area contributed by atoms with Crippen LogP contribution in [0.4, 0.5) is 5.82 Å². The first kappa shape index (κ1) is 14.2. The molecule has 0 spiro atoms. The Bertz CT molecular complexity index is 756. The Morgan fingerprint density at radius 1 is 1.38 bits per heavy atom. The molecule has 6 heteroatoms. The molecule has 2 aromatic heterocycles. The highest BCUT2D eigenvalue weighted by atomic mass is 32.2. The van der Waals surface area contributed by atoms with E-state index in [0.29, 0.717) is 13.0 Å². The molecule has 3 aromatic rings. The molecule has 3 rings (SSSR count).